The predicted molar refractivity (Wildman–Crippen MR) is 107 cm³/mol. The zero-order valence-corrected chi connectivity index (χ0v) is 16.9. The zero-order valence-electron chi connectivity index (χ0n) is 16.9. The molecule has 0 amide bonds. The Balaban J connectivity index is 1.81. The van der Waals surface area contributed by atoms with Crippen molar-refractivity contribution in [2.75, 3.05) is 27.2 Å². The minimum atomic E-state index is -4.45. The van der Waals surface area contributed by atoms with Gasteiger partial charge in [0.25, 0.3) is 0 Å². The third kappa shape index (κ3) is 5.02. The van der Waals surface area contributed by atoms with E-state index in [2.05, 4.69) is 4.90 Å². The van der Waals surface area contributed by atoms with Crippen LogP contribution in [0.1, 0.15) is 41.7 Å². The Morgan fingerprint density at radius 1 is 1.21 bits per heavy atom. The van der Waals surface area contributed by atoms with Crippen molar-refractivity contribution in [2.45, 2.75) is 37.8 Å². The van der Waals surface area contributed by atoms with Gasteiger partial charge < -0.3 is 14.4 Å². The van der Waals surface area contributed by atoms with E-state index in [0.717, 1.165) is 29.8 Å². The van der Waals surface area contributed by atoms with Crippen LogP contribution in [0.5, 0.6) is 0 Å². The largest absolute Gasteiger partial charge is 0.416 e. The Bertz CT molecular complexity index is 856. The molecule has 0 bridgehead atoms. The lowest BCUT2D eigenvalue weighted by Gasteiger charge is -2.32. The van der Waals surface area contributed by atoms with Crippen LogP contribution in [-0.4, -0.2) is 40.0 Å². The molecule has 2 aromatic rings. The summed E-state index contributed by atoms with van der Waals surface area (Å²) in [7, 11) is 9.68. The molecule has 0 N–H and O–H groups in total. The molecule has 29 heavy (non-hydrogen) atoms. The average Bonchev–Trinajstić information content (AvgIpc) is 3.02. The van der Waals surface area contributed by atoms with E-state index in [0.29, 0.717) is 18.6 Å². The molecule has 1 aliphatic heterocycles. The first-order valence-corrected chi connectivity index (χ1v) is 9.57. The van der Waals surface area contributed by atoms with Crippen molar-refractivity contribution in [3.8, 4) is 0 Å². The van der Waals surface area contributed by atoms with Crippen LogP contribution in [0.2, 0.25) is 0 Å². The summed E-state index contributed by atoms with van der Waals surface area (Å²) in [4.78, 5) is 2.07. The first-order chi connectivity index (χ1) is 13.6. The highest BCUT2D eigenvalue weighted by Gasteiger charge is 2.40. The monoisotopic (exact) mass is 403 g/mol. The Labute approximate surface area is 171 Å². The second-order valence-corrected chi connectivity index (χ2v) is 7.83. The minimum Gasteiger partial charge on any atom is -0.370 e. The van der Waals surface area contributed by atoms with Gasteiger partial charge in [-0.05, 0) is 50.2 Å². The summed E-state index contributed by atoms with van der Waals surface area (Å²) in [5.74, 6) is 0. The van der Waals surface area contributed by atoms with Crippen LogP contribution in [0, 0.1) is 0 Å². The van der Waals surface area contributed by atoms with Gasteiger partial charge in [-0.15, -0.1) is 0 Å². The molecule has 2 unspecified atom stereocenters. The van der Waals surface area contributed by atoms with Gasteiger partial charge in [-0.1, -0.05) is 41.9 Å². The summed E-state index contributed by atoms with van der Waals surface area (Å²) in [5.41, 5.74) is 1.26. The Morgan fingerprint density at radius 3 is 2.62 bits per heavy atom. The topological polar surface area (TPSA) is 21.7 Å². The number of alkyl halides is 3. The Kier molecular flexibility index (Phi) is 6.41. The van der Waals surface area contributed by atoms with Crippen LogP contribution < -0.4 is 5.46 Å². The van der Waals surface area contributed by atoms with E-state index in [4.69, 9.17) is 17.3 Å². The van der Waals surface area contributed by atoms with Gasteiger partial charge in [0.2, 0.25) is 0 Å². The van der Waals surface area contributed by atoms with Gasteiger partial charge in [0.05, 0.1) is 24.9 Å². The number of hydrogen-bond acceptors (Lipinski definition) is 3. The first-order valence-electron chi connectivity index (χ1n) is 9.57. The van der Waals surface area contributed by atoms with Gasteiger partial charge in [-0.3, -0.25) is 0 Å². The molecule has 0 aliphatic carbocycles. The van der Waals surface area contributed by atoms with Crippen LogP contribution in [-0.2, 0) is 27.9 Å². The number of nitrogens with zero attached hydrogens (tertiary/aromatic N) is 1. The molecule has 0 aromatic heterocycles. The van der Waals surface area contributed by atoms with E-state index in [1.54, 1.807) is 6.92 Å². The van der Waals surface area contributed by atoms with Crippen LogP contribution in [0.4, 0.5) is 13.2 Å². The summed E-state index contributed by atoms with van der Waals surface area (Å²) < 4.78 is 51.6. The average molecular weight is 403 g/mol. The lowest BCUT2D eigenvalue weighted by Crippen LogP contribution is -2.35. The lowest BCUT2D eigenvalue weighted by molar-refractivity contribution is -0.137. The quantitative estimate of drug-likeness (QED) is 0.654. The standard InChI is InChI=1S/C22H25BF3NO2/c1-15(17-10-18(22(24,25)26)12-19(23)11-17)28-14-21(8-9-27(2)3)20-7-5-4-6-16(20)13-29-21/h4-7,10-12,15H,8-9,13-14H2,1-3H3. The first kappa shape index (κ1) is 21.9. The van der Waals surface area contributed by atoms with Crippen molar-refractivity contribution >= 4 is 13.3 Å². The molecule has 0 spiro atoms. The summed E-state index contributed by atoms with van der Waals surface area (Å²) in [5, 5.41) is 0. The number of rotatable bonds is 7. The van der Waals surface area contributed by atoms with Gasteiger partial charge in [0, 0.05) is 6.54 Å². The highest BCUT2D eigenvalue weighted by Crippen LogP contribution is 2.40. The van der Waals surface area contributed by atoms with E-state index in [-0.39, 0.29) is 12.1 Å². The zero-order chi connectivity index (χ0) is 21.2. The molecule has 3 rings (SSSR count). The van der Waals surface area contributed by atoms with Crippen molar-refractivity contribution < 1.29 is 22.6 Å². The number of halogens is 3. The van der Waals surface area contributed by atoms with Crippen molar-refractivity contribution in [3.63, 3.8) is 0 Å². The number of fused-ring (bicyclic) bond motifs is 1. The predicted octanol–water partition coefficient (Wildman–Crippen LogP) is 3.95. The Morgan fingerprint density at radius 2 is 1.93 bits per heavy atom. The van der Waals surface area contributed by atoms with Crippen LogP contribution in [0.3, 0.4) is 0 Å². The summed E-state index contributed by atoms with van der Waals surface area (Å²) in [6.07, 6.45) is -4.30. The molecule has 7 heteroatoms. The van der Waals surface area contributed by atoms with Crippen LogP contribution in [0.15, 0.2) is 42.5 Å². The summed E-state index contributed by atoms with van der Waals surface area (Å²) in [6, 6.07) is 11.6. The summed E-state index contributed by atoms with van der Waals surface area (Å²) >= 11 is 0. The highest BCUT2D eigenvalue weighted by atomic mass is 19.4. The van der Waals surface area contributed by atoms with Gasteiger partial charge in [0.1, 0.15) is 13.4 Å². The van der Waals surface area contributed by atoms with Crippen molar-refractivity contribution in [1.82, 2.24) is 4.90 Å². The van der Waals surface area contributed by atoms with Crippen LogP contribution in [0.25, 0.3) is 0 Å². The number of ether oxygens (including phenoxy) is 2. The Hall–Kier alpha value is -1.83. The maximum atomic E-state index is 13.1. The molecule has 1 heterocycles. The molecular formula is C22H25BF3NO2. The van der Waals surface area contributed by atoms with Crippen molar-refractivity contribution in [2.24, 2.45) is 0 Å². The van der Waals surface area contributed by atoms with Crippen LogP contribution >= 0.6 is 0 Å². The van der Waals surface area contributed by atoms with Gasteiger partial charge in [-0.25, -0.2) is 0 Å². The van der Waals surface area contributed by atoms with E-state index >= 15 is 0 Å². The SMILES string of the molecule is [B]c1cc(C(C)OCC2(CCN(C)C)OCc3ccccc32)cc(C(F)(F)F)c1. The fourth-order valence-electron chi connectivity index (χ4n) is 3.62. The maximum Gasteiger partial charge on any atom is 0.416 e. The molecule has 0 saturated carbocycles. The van der Waals surface area contributed by atoms with Gasteiger partial charge in [0.15, 0.2) is 0 Å². The molecule has 2 aromatic carbocycles. The number of hydrogen-bond donors (Lipinski definition) is 0. The van der Waals surface area contributed by atoms with Gasteiger partial charge >= 0.3 is 6.18 Å². The smallest absolute Gasteiger partial charge is 0.370 e. The van der Waals surface area contributed by atoms with Gasteiger partial charge in [-0.2, -0.15) is 13.2 Å². The third-order valence-corrected chi connectivity index (χ3v) is 5.32. The molecular weight excluding hydrogens is 378 g/mol. The second kappa shape index (κ2) is 8.50. The molecule has 154 valence electrons. The lowest BCUT2D eigenvalue weighted by atomic mass is 9.89. The molecule has 0 fully saturated rings. The highest BCUT2D eigenvalue weighted by molar-refractivity contribution is 6.32. The summed E-state index contributed by atoms with van der Waals surface area (Å²) in [6.45, 7) is 3.27. The van der Waals surface area contributed by atoms with Crippen molar-refractivity contribution in [3.05, 3.63) is 64.7 Å². The minimum absolute atomic E-state index is 0.0649. The van der Waals surface area contributed by atoms with Crippen molar-refractivity contribution in [1.29, 1.82) is 0 Å². The second-order valence-electron chi connectivity index (χ2n) is 7.83. The van der Waals surface area contributed by atoms with E-state index < -0.39 is 23.4 Å². The van der Waals surface area contributed by atoms with E-state index in [1.165, 1.54) is 6.07 Å². The molecule has 2 radical (unpaired) electrons. The molecule has 0 saturated heterocycles. The fourth-order valence-corrected chi connectivity index (χ4v) is 3.62. The maximum absolute atomic E-state index is 13.1. The molecule has 3 nitrogen and oxygen atoms in total. The third-order valence-electron chi connectivity index (χ3n) is 5.32. The number of benzene rings is 2. The fraction of sp³-hybridized carbons (Fsp3) is 0.455. The normalized spacial score (nSPS) is 20.1. The molecule has 2 atom stereocenters. The van der Waals surface area contributed by atoms with E-state index in [9.17, 15) is 13.2 Å². The molecule has 1 aliphatic rings. The van der Waals surface area contributed by atoms with E-state index in [1.807, 2.05) is 38.4 Å².